The van der Waals surface area contributed by atoms with E-state index in [0.29, 0.717) is 16.3 Å². The third-order valence-corrected chi connectivity index (χ3v) is 3.16. The topological polar surface area (TPSA) is 58.6 Å². The van der Waals surface area contributed by atoms with Crippen LogP contribution in [0.25, 0.3) is 0 Å². The molecule has 0 heterocycles. The van der Waals surface area contributed by atoms with Crippen LogP contribution in [-0.2, 0) is 11.3 Å². The second-order valence-electron chi connectivity index (χ2n) is 4.56. The lowest BCUT2D eigenvalue weighted by Gasteiger charge is -2.15. The number of carbonyl (C=O) groups excluding carboxylic acids is 1. The Balaban J connectivity index is 1.90. The average molecular weight is 306 g/mol. The van der Waals surface area contributed by atoms with Gasteiger partial charge in [0.15, 0.2) is 6.10 Å². The Morgan fingerprint density at radius 3 is 2.76 bits per heavy atom. The highest BCUT2D eigenvalue weighted by atomic mass is 35.5. The number of hydrogen-bond acceptors (Lipinski definition) is 3. The van der Waals surface area contributed by atoms with Gasteiger partial charge in [-0.3, -0.25) is 4.79 Å². The molecule has 0 bridgehead atoms. The summed E-state index contributed by atoms with van der Waals surface area (Å²) in [4.78, 5) is 12.0. The molecule has 2 rings (SSSR count). The fourth-order valence-electron chi connectivity index (χ4n) is 1.78. The van der Waals surface area contributed by atoms with Gasteiger partial charge < -0.3 is 15.2 Å². The first-order chi connectivity index (χ1) is 10.1. The van der Waals surface area contributed by atoms with Gasteiger partial charge in [-0.15, -0.1) is 0 Å². The predicted molar refractivity (Wildman–Crippen MR) is 81.5 cm³/mol. The zero-order valence-electron chi connectivity index (χ0n) is 11.5. The van der Waals surface area contributed by atoms with E-state index in [1.807, 2.05) is 0 Å². The summed E-state index contributed by atoms with van der Waals surface area (Å²) in [6.07, 6.45) is -0.658. The molecule has 110 valence electrons. The van der Waals surface area contributed by atoms with Crippen LogP contribution in [0.5, 0.6) is 11.5 Å². The van der Waals surface area contributed by atoms with Crippen molar-refractivity contribution in [3.05, 3.63) is 59.1 Å². The van der Waals surface area contributed by atoms with Gasteiger partial charge in [0.05, 0.1) is 0 Å². The lowest BCUT2D eigenvalue weighted by molar-refractivity contribution is -0.127. The molecule has 2 aromatic carbocycles. The summed E-state index contributed by atoms with van der Waals surface area (Å²) in [5, 5.41) is 12.9. The van der Waals surface area contributed by atoms with Gasteiger partial charge in [-0.1, -0.05) is 35.9 Å². The molecular formula is C16H16ClNO3. The van der Waals surface area contributed by atoms with Crippen molar-refractivity contribution in [3.63, 3.8) is 0 Å². The second-order valence-corrected chi connectivity index (χ2v) is 5.00. The van der Waals surface area contributed by atoms with Gasteiger partial charge in [0, 0.05) is 17.1 Å². The number of halogens is 1. The van der Waals surface area contributed by atoms with Crippen LogP contribution >= 0.6 is 11.6 Å². The minimum Gasteiger partial charge on any atom is -0.508 e. The molecule has 1 unspecified atom stereocenters. The average Bonchev–Trinajstić information content (AvgIpc) is 2.46. The number of nitrogens with one attached hydrogen (secondary N) is 1. The molecule has 0 fully saturated rings. The summed E-state index contributed by atoms with van der Waals surface area (Å²) in [5.41, 5.74) is 0.654. The van der Waals surface area contributed by atoms with Crippen molar-refractivity contribution in [2.24, 2.45) is 0 Å². The highest BCUT2D eigenvalue weighted by molar-refractivity contribution is 6.30. The number of amides is 1. The molecule has 0 saturated heterocycles. The number of phenols is 1. The maximum atomic E-state index is 12.0. The van der Waals surface area contributed by atoms with Gasteiger partial charge in [0.25, 0.3) is 5.91 Å². The second kappa shape index (κ2) is 6.99. The number of benzene rings is 2. The van der Waals surface area contributed by atoms with E-state index in [4.69, 9.17) is 16.3 Å². The Labute approximate surface area is 128 Å². The third-order valence-electron chi connectivity index (χ3n) is 2.92. The summed E-state index contributed by atoms with van der Waals surface area (Å²) in [6.45, 7) is 1.90. The zero-order chi connectivity index (χ0) is 15.2. The van der Waals surface area contributed by atoms with Crippen molar-refractivity contribution < 1.29 is 14.6 Å². The fraction of sp³-hybridized carbons (Fsp3) is 0.188. The van der Waals surface area contributed by atoms with Crippen LogP contribution in [0.4, 0.5) is 0 Å². The normalized spacial score (nSPS) is 11.7. The molecule has 2 N–H and O–H groups in total. The number of hydrogen-bond donors (Lipinski definition) is 2. The van der Waals surface area contributed by atoms with Crippen LogP contribution in [-0.4, -0.2) is 17.1 Å². The van der Waals surface area contributed by atoms with E-state index in [1.165, 1.54) is 0 Å². The fourth-order valence-corrected chi connectivity index (χ4v) is 1.96. The summed E-state index contributed by atoms with van der Waals surface area (Å²) in [7, 11) is 0. The minimum atomic E-state index is -0.658. The number of para-hydroxylation sites is 1. The Kier molecular flexibility index (Phi) is 5.06. The standard InChI is InChI=1S/C16H16ClNO3/c1-11(21-14-7-4-6-13(17)9-14)16(20)18-10-12-5-2-3-8-15(12)19/h2-9,11,19H,10H2,1H3,(H,18,20). The van der Waals surface area contributed by atoms with Crippen molar-refractivity contribution in [3.8, 4) is 11.5 Å². The van der Waals surface area contributed by atoms with Crippen LogP contribution in [0.2, 0.25) is 5.02 Å². The van der Waals surface area contributed by atoms with Crippen molar-refractivity contribution >= 4 is 17.5 Å². The SMILES string of the molecule is CC(Oc1cccc(Cl)c1)C(=O)NCc1ccccc1O. The smallest absolute Gasteiger partial charge is 0.261 e. The van der Waals surface area contributed by atoms with Crippen LogP contribution in [0.3, 0.4) is 0 Å². The first-order valence-corrected chi connectivity index (χ1v) is 6.91. The first kappa shape index (κ1) is 15.2. The Hall–Kier alpha value is -2.20. The molecule has 0 radical (unpaired) electrons. The van der Waals surface area contributed by atoms with E-state index in [2.05, 4.69) is 5.32 Å². The third kappa shape index (κ3) is 4.39. The maximum absolute atomic E-state index is 12.0. The van der Waals surface area contributed by atoms with Gasteiger partial charge in [-0.25, -0.2) is 0 Å². The van der Waals surface area contributed by atoms with Crippen LogP contribution < -0.4 is 10.1 Å². The van der Waals surface area contributed by atoms with E-state index >= 15 is 0 Å². The van der Waals surface area contributed by atoms with E-state index in [9.17, 15) is 9.90 Å². The molecule has 2 aromatic rings. The molecule has 21 heavy (non-hydrogen) atoms. The molecule has 0 aliphatic rings. The Morgan fingerprint density at radius 1 is 1.29 bits per heavy atom. The van der Waals surface area contributed by atoms with Crippen LogP contribution in [0, 0.1) is 0 Å². The summed E-state index contributed by atoms with van der Waals surface area (Å²) < 4.78 is 5.52. The molecule has 1 amide bonds. The van der Waals surface area contributed by atoms with Gasteiger partial charge >= 0.3 is 0 Å². The van der Waals surface area contributed by atoms with Gasteiger partial charge in [0.1, 0.15) is 11.5 Å². The van der Waals surface area contributed by atoms with Crippen LogP contribution in [0.1, 0.15) is 12.5 Å². The Morgan fingerprint density at radius 2 is 2.05 bits per heavy atom. The van der Waals surface area contributed by atoms with E-state index in [0.717, 1.165) is 0 Å². The molecule has 0 aliphatic heterocycles. The molecule has 5 heteroatoms. The van der Waals surface area contributed by atoms with Gasteiger partial charge in [-0.2, -0.15) is 0 Å². The van der Waals surface area contributed by atoms with E-state index in [-0.39, 0.29) is 18.2 Å². The predicted octanol–water partition coefficient (Wildman–Crippen LogP) is 3.13. The summed E-state index contributed by atoms with van der Waals surface area (Å²) in [6, 6.07) is 13.7. The van der Waals surface area contributed by atoms with E-state index in [1.54, 1.807) is 55.5 Å². The van der Waals surface area contributed by atoms with Crippen molar-refractivity contribution in [2.45, 2.75) is 19.6 Å². The zero-order valence-corrected chi connectivity index (χ0v) is 12.3. The molecule has 1 atom stereocenters. The number of rotatable bonds is 5. The quantitative estimate of drug-likeness (QED) is 0.892. The molecule has 0 saturated carbocycles. The van der Waals surface area contributed by atoms with Crippen LogP contribution in [0.15, 0.2) is 48.5 Å². The minimum absolute atomic E-state index is 0.154. The number of phenolic OH excluding ortho intramolecular Hbond substituents is 1. The summed E-state index contributed by atoms with van der Waals surface area (Å²) >= 11 is 5.86. The lowest BCUT2D eigenvalue weighted by atomic mass is 10.2. The largest absolute Gasteiger partial charge is 0.508 e. The Bertz CT molecular complexity index is 630. The number of ether oxygens (including phenoxy) is 1. The lowest BCUT2D eigenvalue weighted by Crippen LogP contribution is -2.35. The highest BCUT2D eigenvalue weighted by Crippen LogP contribution is 2.18. The van der Waals surface area contributed by atoms with Gasteiger partial charge in [-0.05, 0) is 31.2 Å². The van der Waals surface area contributed by atoms with Gasteiger partial charge in [0.2, 0.25) is 0 Å². The molecule has 0 aromatic heterocycles. The molecular weight excluding hydrogens is 290 g/mol. The number of carbonyl (C=O) groups is 1. The number of aromatic hydroxyl groups is 1. The van der Waals surface area contributed by atoms with Crippen molar-refractivity contribution in [2.75, 3.05) is 0 Å². The molecule has 0 aliphatic carbocycles. The van der Waals surface area contributed by atoms with E-state index < -0.39 is 6.10 Å². The first-order valence-electron chi connectivity index (χ1n) is 6.53. The van der Waals surface area contributed by atoms with Crippen molar-refractivity contribution in [1.82, 2.24) is 5.32 Å². The monoisotopic (exact) mass is 305 g/mol. The highest BCUT2D eigenvalue weighted by Gasteiger charge is 2.14. The molecule has 4 nitrogen and oxygen atoms in total. The molecule has 0 spiro atoms. The van der Waals surface area contributed by atoms with Crippen molar-refractivity contribution in [1.29, 1.82) is 0 Å². The maximum Gasteiger partial charge on any atom is 0.261 e. The summed E-state index contributed by atoms with van der Waals surface area (Å²) in [5.74, 6) is 0.423.